The molecule has 7 heteroatoms. The van der Waals surface area contributed by atoms with E-state index >= 15 is 0 Å². The van der Waals surface area contributed by atoms with Crippen LogP contribution in [0.25, 0.3) is 12.2 Å². The summed E-state index contributed by atoms with van der Waals surface area (Å²) < 4.78 is 5.24. The highest BCUT2D eigenvalue weighted by atomic mass is 16.5. The van der Waals surface area contributed by atoms with Gasteiger partial charge in [-0.2, -0.15) is 0 Å². The van der Waals surface area contributed by atoms with E-state index in [1.54, 1.807) is 7.11 Å². The maximum atomic E-state index is 5.24. The van der Waals surface area contributed by atoms with E-state index in [9.17, 15) is 0 Å². The van der Waals surface area contributed by atoms with Crippen molar-refractivity contribution in [3.8, 4) is 5.75 Å². The van der Waals surface area contributed by atoms with Crippen molar-refractivity contribution in [1.82, 2.24) is 20.2 Å². The van der Waals surface area contributed by atoms with Crippen LogP contribution in [0.4, 0.5) is 11.6 Å². The van der Waals surface area contributed by atoms with Gasteiger partial charge < -0.3 is 24.8 Å². The number of nitrogens with zero attached hydrogens (tertiary/aromatic N) is 5. The Morgan fingerprint density at radius 2 is 1.48 bits per heavy atom. The third-order valence-electron chi connectivity index (χ3n) is 5.53. The minimum absolute atomic E-state index is 0.755. The van der Waals surface area contributed by atoms with Crippen LogP contribution in [0.3, 0.4) is 0 Å². The van der Waals surface area contributed by atoms with Crippen LogP contribution in [0.2, 0.25) is 0 Å². The lowest BCUT2D eigenvalue weighted by Gasteiger charge is -2.34. The quantitative estimate of drug-likeness (QED) is 0.830. The second-order valence-electron chi connectivity index (χ2n) is 7.58. The minimum atomic E-state index is 0.755. The fourth-order valence-electron chi connectivity index (χ4n) is 3.65. The van der Waals surface area contributed by atoms with Gasteiger partial charge in [0.25, 0.3) is 0 Å². The summed E-state index contributed by atoms with van der Waals surface area (Å²) in [4.78, 5) is 16.8. The largest absolute Gasteiger partial charge is 0.497 e. The zero-order chi connectivity index (χ0) is 20.1. The molecule has 0 aliphatic carbocycles. The molecule has 0 saturated carbocycles. The number of hydrogen-bond donors (Lipinski definition) is 1. The highest BCUT2D eigenvalue weighted by Crippen LogP contribution is 2.22. The predicted octanol–water partition coefficient (Wildman–Crippen LogP) is 1.82. The monoisotopic (exact) mass is 394 g/mol. The number of methoxy groups -OCH3 is 1. The zero-order valence-corrected chi connectivity index (χ0v) is 17.3. The second kappa shape index (κ2) is 9.24. The Bertz CT molecular complexity index is 824. The highest BCUT2D eigenvalue weighted by molar-refractivity contribution is 5.68. The lowest BCUT2D eigenvalue weighted by atomic mass is 10.2. The first kappa shape index (κ1) is 19.7. The summed E-state index contributed by atoms with van der Waals surface area (Å²) in [7, 11) is 3.85. The summed E-state index contributed by atoms with van der Waals surface area (Å²) in [5, 5.41) is 3.41. The molecule has 0 bridgehead atoms. The van der Waals surface area contributed by atoms with Crippen LogP contribution >= 0.6 is 0 Å². The molecule has 1 aromatic carbocycles. The van der Waals surface area contributed by atoms with Crippen molar-refractivity contribution in [2.24, 2.45) is 0 Å². The van der Waals surface area contributed by atoms with E-state index in [0.29, 0.717) is 0 Å². The lowest BCUT2D eigenvalue weighted by molar-refractivity contribution is 0.312. The maximum Gasteiger partial charge on any atom is 0.156 e. The first-order chi connectivity index (χ1) is 14.2. The molecule has 0 amide bonds. The van der Waals surface area contributed by atoms with E-state index < -0.39 is 0 Å². The number of rotatable bonds is 5. The average molecular weight is 395 g/mol. The number of nitrogens with one attached hydrogen (secondary N) is 1. The molecule has 0 radical (unpaired) electrons. The van der Waals surface area contributed by atoms with Gasteiger partial charge in [-0.05, 0) is 30.8 Å². The van der Waals surface area contributed by atoms with Crippen molar-refractivity contribution in [2.75, 3.05) is 76.3 Å². The average Bonchev–Trinajstić information content (AvgIpc) is 2.79. The molecule has 0 unspecified atom stereocenters. The number of benzene rings is 1. The molecule has 1 aromatic heterocycles. The summed E-state index contributed by atoms with van der Waals surface area (Å²) in [6, 6.07) is 10.2. The van der Waals surface area contributed by atoms with E-state index in [1.165, 1.54) is 0 Å². The topological polar surface area (TPSA) is 56.8 Å². The van der Waals surface area contributed by atoms with Gasteiger partial charge in [-0.25, -0.2) is 9.97 Å². The van der Waals surface area contributed by atoms with Crippen LogP contribution in [0.5, 0.6) is 5.75 Å². The van der Waals surface area contributed by atoms with E-state index in [4.69, 9.17) is 14.7 Å². The summed E-state index contributed by atoms with van der Waals surface area (Å²) in [6.45, 7) is 8.04. The van der Waals surface area contributed by atoms with Gasteiger partial charge in [-0.1, -0.05) is 18.2 Å². The summed E-state index contributed by atoms with van der Waals surface area (Å²) in [5.41, 5.74) is 1.10. The van der Waals surface area contributed by atoms with Gasteiger partial charge in [-0.15, -0.1) is 0 Å². The summed E-state index contributed by atoms with van der Waals surface area (Å²) in [5.74, 6) is 3.66. The standard InChI is InChI=1S/C22H30N6O/c1-26-13-15-28(16-14-26)22-17-21(27-11-9-23-10-12-27)24-20(25-22)8-5-18-3-6-19(29-2)7-4-18/h3-8,17,23H,9-16H2,1-2H3. The Balaban J connectivity index is 1.60. The Kier molecular flexibility index (Phi) is 6.27. The summed E-state index contributed by atoms with van der Waals surface area (Å²) >= 11 is 0. The Hall–Kier alpha value is -2.64. The van der Waals surface area contributed by atoms with E-state index in [2.05, 4.69) is 39.2 Å². The number of likely N-dealkylation sites (N-methyl/N-ethyl adjacent to an activating group) is 1. The molecule has 29 heavy (non-hydrogen) atoms. The normalized spacial score (nSPS) is 18.4. The predicted molar refractivity (Wildman–Crippen MR) is 119 cm³/mol. The highest BCUT2D eigenvalue weighted by Gasteiger charge is 2.19. The molecule has 3 heterocycles. The van der Waals surface area contributed by atoms with Crippen molar-refractivity contribution in [3.63, 3.8) is 0 Å². The molecule has 2 aliphatic rings. The second-order valence-corrected chi connectivity index (χ2v) is 7.58. The molecule has 2 fully saturated rings. The number of anilines is 2. The number of piperazine rings is 2. The molecule has 4 rings (SSSR count). The van der Waals surface area contributed by atoms with E-state index in [1.807, 2.05) is 30.3 Å². The van der Waals surface area contributed by atoms with Crippen LogP contribution in [0, 0.1) is 0 Å². The van der Waals surface area contributed by atoms with Crippen LogP contribution in [0.1, 0.15) is 11.4 Å². The molecule has 2 aliphatic heterocycles. The van der Waals surface area contributed by atoms with Crippen molar-refractivity contribution in [1.29, 1.82) is 0 Å². The van der Waals surface area contributed by atoms with Crippen molar-refractivity contribution in [2.45, 2.75) is 0 Å². The van der Waals surface area contributed by atoms with Gasteiger partial charge in [0.2, 0.25) is 0 Å². The zero-order valence-electron chi connectivity index (χ0n) is 17.3. The molecule has 154 valence electrons. The number of aromatic nitrogens is 2. The SMILES string of the molecule is COc1ccc(C=Cc2nc(N3CCNCC3)cc(N3CCN(C)CC3)n2)cc1. The summed E-state index contributed by atoms with van der Waals surface area (Å²) in [6.07, 6.45) is 4.07. The molecule has 0 atom stereocenters. The molecule has 0 spiro atoms. The Labute approximate surface area is 173 Å². The van der Waals surface area contributed by atoms with Crippen LogP contribution in [-0.2, 0) is 0 Å². The molecule has 2 aromatic rings. The van der Waals surface area contributed by atoms with Crippen molar-refractivity contribution >= 4 is 23.8 Å². The van der Waals surface area contributed by atoms with Crippen molar-refractivity contribution < 1.29 is 4.74 Å². The fraction of sp³-hybridized carbons (Fsp3) is 0.455. The maximum absolute atomic E-state index is 5.24. The van der Waals surface area contributed by atoms with Crippen LogP contribution in [-0.4, -0.2) is 81.4 Å². The molecular weight excluding hydrogens is 364 g/mol. The fourth-order valence-corrected chi connectivity index (χ4v) is 3.65. The van der Waals surface area contributed by atoms with Gasteiger partial charge in [-0.3, -0.25) is 0 Å². The first-order valence-electron chi connectivity index (χ1n) is 10.3. The van der Waals surface area contributed by atoms with Crippen LogP contribution in [0.15, 0.2) is 30.3 Å². The van der Waals surface area contributed by atoms with E-state index in [-0.39, 0.29) is 0 Å². The van der Waals surface area contributed by atoms with E-state index in [0.717, 1.165) is 81.1 Å². The third kappa shape index (κ3) is 5.05. The Morgan fingerprint density at radius 1 is 0.862 bits per heavy atom. The van der Waals surface area contributed by atoms with Gasteiger partial charge in [0.05, 0.1) is 7.11 Å². The van der Waals surface area contributed by atoms with Gasteiger partial charge in [0.1, 0.15) is 17.4 Å². The third-order valence-corrected chi connectivity index (χ3v) is 5.53. The van der Waals surface area contributed by atoms with Crippen molar-refractivity contribution in [3.05, 3.63) is 41.7 Å². The Morgan fingerprint density at radius 3 is 2.10 bits per heavy atom. The minimum Gasteiger partial charge on any atom is -0.497 e. The van der Waals surface area contributed by atoms with Crippen LogP contribution < -0.4 is 19.9 Å². The smallest absolute Gasteiger partial charge is 0.156 e. The number of hydrogen-bond acceptors (Lipinski definition) is 7. The molecule has 1 N–H and O–H groups in total. The molecule has 7 nitrogen and oxygen atoms in total. The van der Waals surface area contributed by atoms with Gasteiger partial charge in [0.15, 0.2) is 5.82 Å². The number of ether oxygens (including phenoxy) is 1. The van der Waals surface area contributed by atoms with Gasteiger partial charge in [0, 0.05) is 58.4 Å². The first-order valence-corrected chi connectivity index (χ1v) is 10.3. The lowest BCUT2D eigenvalue weighted by Crippen LogP contribution is -2.45. The molecular formula is C22H30N6O. The molecule has 2 saturated heterocycles. The van der Waals surface area contributed by atoms with Gasteiger partial charge >= 0.3 is 0 Å².